The van der Waals surface area contributed by atoms with E-state index in [1.165, 1.54) is 26.9 Å². The van der Waals surface area contributed by atoms with Gasteiger partial charge in [0, 0.05) is 27.1 Å². The molecule has 0 fully saturated rings. The Bertz CT molecular complexity index is 2810. The van der Waals surface area contributed by atoms with E-state index in [4.69, 9.17) is 14.4 Å². The third-order valence-corrected chi connectivity index (χ3v) is 9.24. The summed E-state index contributed by atoms with van der Waals surface area (Å²) in [6, 6.07) is 53.1. The van der Waals surface area contributed by atoms with E-state index in [-0.39, 0.29) is 0 Å². The normalized spacial score (nSPS) is 11.9. The van der Waals surface area contributed by atoms with Crippen molar-refractivity contribution in [3.8, 4) is 28.3 Å². The second-order valence-electron chi connectivity index (χ2n) is 11.8. The Morgan fingerprint density at radius 2 is 1.11 bits per heavy atom. The Balaban J connectivity index is 1.40. The molecule has 214 valence electrons. The molecule has 0 amide bonds. The van der Waals surface area contributed by atoms with Gasteiger partial charge in [-0.25, -0.2) is 4.98 Å². The number of furan rings is 1. The molecule has 0 spiro atoms. The number of fused-ring (bicyclic) bond motifs is 10. The summed E-state index contributed by atoms with van der Waals surface area (Å²) in [7, 11) is 0. The molecule has 3 aromatic heterocycles. The number of nitrogens with zero attached hydrogens (tertiary/aromatic N) is 3. The molecule has 0 atom stereocenters. The molecule has 4 nitrogen and oxygen atoms in total. The van der Waals surface area contributed by atoms with Crippen LogP contribution in [0.25, 0.3) is 93.8 Å². The molecule has 0 bridgehead atoms. The van der Waals surface area contributed by atoms with Crippen LogP contribution in [0.3, 0.4) is 0 Å². The van der Waals surface area contributed by atoms with Crippen molar-refractivity contribution in [2.75, 3.05) is 0 Å². The van der Waals surface area contributed by atoms with Crippen LogP contribution in [0, 0.1) is 0 Å². The van der Waals surface area contributed by atoms with Gasteiger partial charge in [0.2, 0.25) is 11.7 Å². The molecule has 46 heavy (non-hydrogen) atoms. The molecule has 0 aliphatic carbocycles. The summed E-state index contributed by atoms with van der Waals surface area (Å²) in [6.07, 6.45) is 0. The van der Waals surface area contributed by atoms with E-state index in [1.54, 1.807) is 0 Å². The first kappa shape index (κ1) is 25.1. The summed E-state index contributed by atoms with van der Waals surface area (Å²) < 4.78 is 8.75. The molecule has 0 unspecified atom stereocenters. The van der Waals surface area contributed by atoms with Crippen molar-refractivity contribution in [3.05, 3.63) is 152 Å². The van der Waals surface area contributed by atoms with E-state index in [0.717, 1.165) is 55.2 Å². The molecule has 0 radical (unpaired) electrons. The Kier molecular flexibility index (Phi) is 5.25. The molecule has 7 aromatic carbocycles. The van der Waals surface area contributed by atoms with Crippen molar-refractivity contribution in [3.63, 3.8) is 0 Å². The molecule has 0 aliphatic heterocycles. The highest BCUT2D eigenvalue weighted by molar-refractivity contribution is 6.26. The highest BCUT2D eigenvalue weighted by atomic mass is 16.3. The lowest BCUT2D eigenvalue weighted by Crippen LogP contribution is -2.03. The third kappa shape index (κ3) is 3.55. The summed E-state index contributed by atoms with van der Waals surface area (Å²) in [6.45, 7) is 0. The predicted octanol–water partition coefficient (Wildman–Crippen LogP) is 11.1. The van der Waals surface area contributed by atoms with Crippen LogP contribution in [0.4, 0.5) is 0 Å². The molecular formula is C42H25N3O. The van der Waals surface area contributed by atoms with Crippen LogP contribution in [-0.2, 0) is 0 Å². The van der Waals surface area contributed by atoms with Gasteiger partial charge in [-0.2, -0.15) is 4.98 Å². The Morgan fingerprint density at radius 1 is 0.457 bits per heavy atom. The fraction of sp³-hybridized carbons (Fsp3) is 0. The third-order valence-electron chi connectivity index (χ3n) is 9.24. The molecule has 0 N–H and O–H groups in total. The van der Waals surface area contributed by atoms with Crippen LogP contribution >= 0.6 is 0 Å². The first-order valence-corrected chi connectivity index (χ1v) is 15.5. The van der Waals surface area contributed by atoms with Gasteiger partial charge >= 0.3 is 0 Å². The minimum absolute atomic E-state index is 0.570. The number of hydrogen-bond acceptors (Lipinski definition) is 3. The Morgan fingerprint density at radius 3 is 1.96 bits per heavy atom. The zero-order valence-corrected chi connectivity index (χ0v) is 24.7. The number of para-hydroxylation sites is 1. The van der Waals surface area contributed by atoms with Gasteiger partial charge in [-0.15, -0.1) is 0 Å². The maximum absolute atomic E-state index is 6.52. The van der Waals surface area contributed by atoms with Gasteiger partial charge in [0.1, 0.15) is 5.58 Å². The van der Waals surface area contributed by atoms with Crippen molar-refractivity contribution in [2.24, 2.45) is 0 Å². The molecular weight excluding hydrogens is 562 g/mol. The molecule has 10 aromatic rings. The maximum atomic E-state index is 6.52. The van der Waals surface area contributed by atoms with Gasteiger partial charge in [-0.1, -0.05) is 140 Å². The van der Waals surface area contributed by atoms with Gasteiger partial charge in [0.25, 0.3) is 0 Å². The first-order chi connectivity index (χ1) is 22.8. The second-order valence-corrected chi connectivity index (χ2v) is 11.8. The average Bonchev–Trinajstić information content (AvgIpc) is 3.68. The zero-order chi connectivity index (χ0) is 30.2. The molecule has 10 rings (SSSR count). The molecule has 3 heterocycles. The van der Waals surface area contributed by atoms with E-state index in [1.807, 2.05) is 24.3 Å². The highest BCUT2D eigenvalue weighted by Gasteiger charge is 2.23. The maximum Gasteiger partial charge on any atom is 0.238 e. The van der Waals surface area contributed by atoms with Crippen LogP contribution in [0.2, 0.25) is 0 Å². The number of hydrogen-bond donors (Lipinski definition) is 0. The first-order valence-electron chi connectivity index (χ1n) is 15.5. The van der Waals surface area contributed by atoms with Gasteiger partial charge in [0.15, 0.2) is 0 Å². The molecule has 0 saturated heterocycles. The topological polar surface area (TPSA) is 43.9 Å². The summed E-state index contributed by atoms with van der Waals surface area (Å²) >= 11 is 0. The lowest BCUT2D eigenvalue weighted by atomic mass is 9.96. The molecule has 0 aliphatic rings. The quantitative estimate of drug-likeness (QED) is 0.207. The summed E-state index contributed by atoms with van der Waals surface area (Å²) in [5.74, 6) is 0.580. The summed E-state index contributed by atoms with van der Waals surface area (Å²) in [5.41, 5.74) is 7.63. The van der Waals surface area contributed by atoms with Crippen molar-refractivity contribution >= 4 is 65.4 Å². The van der Waals surface area contributed by atoms with Gasteiger partial charge in [-0.05, 0) is 39.4 Å². The van der Waals surface area contributed by atoms with Crippen molar-refractivity contribution in [2.45, 2.75) is 0 Å². The fourth-order valence-corrected chi connectivity index (χ4v) is 7.22. The van der Waals surface area contributed by atoms with E-state index < -0.39 is 0 Å². The van der Waals surface area contributed by atoms with Gasteiger partial charge in [0.05, 0.1) is 22.1 Å². The van der Waals surface area contributed by atoms with E-state index in [2.05, 4.69) is 132 Å². The van der Waals surface area contributed by atoms with Crippen molar-refractivity contribution in [1.82, 2.24) is 14.5 Å². The van der Waals surface area contributed by atoms with E-state index in [0.29, 0.717) is 11.7 Å². The second kappa shape index (κ2) is 9.62. The Labute approximate surface area is 263 Å². The van der Waals surface area contributed by atoms with Crippen LogP contribution in [0.1, 0.15) is 0 Å². The van der Waals surface area contributed by atoms with Crippen LogP contribution in [-0.4, -0.2) is 14.5 Å². The lowest BCUT2D eigenvalue weighted by Gasteiger charge is -2.13. The van der Waals surface area contributed by atoms with Gasteiger partial charge in [-0.3, -0.25) is 4.57 Å². The predicted molar refractivity (Wildman–Crippen MR) is 190 cm³/mol. The van der Waals surface area contributed by atoms with Gasteiger partial charge < -0.3 is 4.42 Å². The van der Waals surface area contributed by atoms with E-state index >= 15 is 0 Å². The van der Waals surface area contributed by atoms with Crippen LogP contribution < -0.4 is 0 Å². The van der Waals surface area contributed by atoms with Crippen LogP contribution in [0.5, 0.6) is 0 Å². The Hall–Kier alpha value is -6.26. The highest BCUT2D eigenvalue weighted by Crippen LogP contribution is 2.42. The van der Waals surface area contributed by atoms with Crippen LogP contribution in [0.15, 0.2) is 156 Å². The fourth-order valence-electron chi connectivity index (χ4n) is 7.22. The monoisotopic (exact) mass is 587 g/mol. The smallest absolute Gasteiger partial charge is 0.238 e. The molecule has 0 saturated carbocycles. The minimum atomic E-state index is 0.570. The lowest BCUT2D eigenvalue weighted by molar-refractivity contribution is 0.651. The average molecular weight is 588 g/mol. The zero-order valence-electron chi connectivity index (χ0n) is 24.7. The number of aromatic nitrogens is 3. The largest absolute Gasteiger partial charge is 0.437 e. The SMILES string of the molecule is c1ccc(-c2ccccc2-c2nc(-n3c4ccc5ccccc5c4c4ccc5ccccc5c43)nc3oc4ccccc4c23)cc1. The summed E-state index contributed by atoms with van der Waals surface area (Å²) in [5, 5.41) is 9.01. The van der Waals surface area contributed by atoms with E-state index in [9.17, 15) is 0 Å². The minimum Gasteiger partial charge on any atom is -0.437 e. The number of rotatable bonds is 3. The standard InChI is InChI=1S/C42H25N3O/c1-2-12-26(13-3-1)29-16-8-9-19-32(29)39-38-33-20-10-11-21-36(33)46-41(38)44-42(43-39)45-35-25-23-27-14-4-6-17-30(27)37(35)34-24-22-28-15-5-7-18-31(28)40(34)45/h1-25H. The van der Waals surface area contributed by atoms with Crippen molar-refractivity contribution in [1.29, 1.82) is 0 Å². The van der Waals surface area contributed by atoms with Crippen molar-refractivity contribution < 1.29 is 4.42 Å². The summed E-state index contributed by atoms with van der Waals surface area (Å²) in [4.78, 5) is 10.7. The number of benzene rings is 7. The molecule has 4 heteroatoms.